The lowest BCUT2D eigenvalue weighted by Gasteiger charge is -2.11. The predicted molar refractivity (Wildman–Crippen MR) is 83.9 cm³/mol. The van der Waals surface area contributed by atoms with Crippen LogP contribution in [0.3, 0.4) is 0 Å². The third-order valence-corrected chi connectivity index (χ3v) is 3.63. The van der Waals surface area contributed by atoms with Crippen LogP contribution in [-0.4, -0.2) is 0 Å². The van der Waals surface area contributed by atoms with Crippen LogP contribution in [0.2, 0.25) is 20.1 Å². The minimum Gasteiger partial charge on any atom is -0.353 e. The zero-order chi connectivity index (χ0) is 13.3. The van der Waals surface area contributed by atoms with Crippen LogP contribution in [0.4, 0.5) is 11.4 Å². The number of halogens is 5. The van der Waals surface area contributed by atoms with Gasteiger partial charge in [0, 0.05) is 20.2 Å². The highest BCUT2D eigenvalue weighted by atomic mass is 79.9. The summed E-state index contributed by atoms with van der Waals surface area (Å²) >= 11 is 27.4. The summed E-state index contributed by atoms with van der Waals surface area (Å²) in [4.78, 5) is 0. The Labute approximate surface area is 133 Å². The Balaban J connectivity index is 2.40. The van der Waals surface area contributed by atoms with Crippen molar-refractivity contribution >= 4 is 73.7 Å². The zero-order valence-electron chi connectivity index (χ0n) is 8.78. The minimum absolute atomic E-state index is 0.505. The number of rotatable bonds is 2. The fourth-order valence-electron chi connectivity index (χ4n) is 1.43. The Hall–Kier alpha value is -0.120. The number of hydrogen-bond acceptors (Lipinski definition) is 1. The summed E-state index contributed by atoms with van der Waals surface area (Å²) in [6.07, 6.45) is 0. The van der Waals surface area contributed by atoms with Gasteiger partial charge in [-0.1, -0.05) is 62.3 Å². The summed E-state index contributed by atoms with van der Waals surface area (Å²) in [6, 6.07) is 8.63. The summed E-state index contributed by atoms with van der Waals surface area (Å²) < 4.78 is 0.812. The van der Waals surface area contributed by atoms with E-state index in [-0.39, 0.29) is 0 Å². The maximum absolute atomic E-state index is 6.12. The van der Waals surface area contributed by atoms with Gasteiger partial charge in [0.15, 0.2) is 0 Å². The quantitative estimate of drug-likeness (QED) is 0.598. The molecule has 0 spiro atoms. The van der Waals surface area contributed by atoms with Gasteiger partial charge < -0.3 is 5.32 Å². The van der Waals surface area contributed by atoms with Crippen molar-refractivity contribution < 1.29 is 0 Å². The average molecular weight is 386 g/mol. The zero-order valence-corrected chi connectivity index (χ0v) is 13.4. The maximum atomic E-state index is 6.12. The Morgan fingerprint density at radius 1 is 0.778 bits per heavy atom. The molecule has 0 aromatic heterocycles. The fraction of sp³-hybridized carbons (Fsp3) is 0. The Morgan fingerprint density at radius 3 is 1.78 bits per heavy atom. The molecule has 0 saturated carbocycles. The first-order valence-corrected chi connectivity index (χ1v) is 7.14. The van der Waals surface area contributed by atoms with Gasteiger partial charge in [0.1, 0.15) is 0 Å². The second-order valence-corrected chi connectivity index (χ2v) is 6.13. The normalized spacial score (nSPS) is 10.5. The molecule has 0 bridgehead atoms. The van der Waals surface area contributed by atoms with Crippen molar-refractivity contribution in [2.45, 2.75) is 0 Å². The van der Waals surface area contributed by atoms with E-state index < -0.39 is 0 Å². The van der Waals surface area contributed by atoms with Crippen LogP contribution in [0, 0.1) is 0 Å². The van der Waals surface area contributed by atoms with Gasteiger partial charge in [-0.2, -0.15) is 0 Å². The Morgan fingerprint density at radius 2 is 1.28 bits per heavy atom. The standard InChI is InChI=1S/C12H6BrCl4N/c13-6-1-10(16)12(11(17)2-6)18-9-4-7(14)3-8(15)5-9/h1-5,18H. The number of hydrogen-bond donors (Lipinski definition) is 1. The highest BCUT2D eigenvalue weighted by Crippen LogP contribution is 2.36. The van der Waals surface area contributed by atoms with E-state index in [0.29, 0.717) is 25.8 Å². The van der Waals surface area contributed by atoms with Gasteiger partial charge in [-0.25, -0.2) is 0 Å². The molecule has 1 nitrogen and oxygen atoms in total. The first kappa shape index (κ1) is 14.3. The second kappa shape index (κ2) is 5.89. The molecular weight excluding hydrogens is 380 g/mol. The topological polar surface area (TPSA) is 12.0 Å². The molecule has 2 aromatic carbocycles. The fourth-order valence-corrected chi connectivity index (χ4v) is 3.26. The monoisotopic (exact) mass is 383 g/mol. The summed E-state index contributed by atoms with van der Waals surface area (Å²) in [5, 5.41) is 5.18. The molecule has 0 amide bonds. The van der Waals surface area contributed by atoms with Crippen LogP contribution in [0.5, 0.6) is 0 Å². The smallest absolute Gasteiger partial charge is 0.0763 e. The van der Waals surface area contributed by atoms with Crippen molar-refractivity contribution in [2.75, 3.05) is 5.32 Å². The van der Waals surface area contributed by atoms with Crippen LogP contribution in [0.1, 0.15) is 0 Å². The highest BCUT2D eigenvalue weighted by molar-refractivity contribution is 9.10. The molecule has 0 unspecified atom stereocenters. The van der Waals surface area contributed by atoms with Gasteiger partial charge >= 0.3 is 0 Å². The van der Waals surface area contributed by atoms with E-state index in [1.807, 2.05) is 0 Å². The molecule has 6 heteroatoms. The summed E-state index contributed by atoms with van der Waals surface area (Å²) in [6.45, 7) is 0. The lowest BCUT2D eigenvalue weighted by Crippen LogP contribution is -1.92. The highest BCUT2D eigenvalue weighted by Gasteiger charge is 2.08. The predicted octanol–water partition coefficient (Wildman–Crippen LogP) is 6.81. The first-order valence-electron chi connectivity index (χ1n) is 4.83. The van der Waals surface area contributed by atoms with Gasteiger partial charge in [-0.3, -0.25) is 0 Å². The molecule has 94 valence electrons. The van der Waals surface area contributed by atoms with Gasteiger partial charge in [0.2, 0.25) is 0 Å². The number of anilines is 2. The number of benzene rings is 2. The molecule has 0 aliphatic heterocycles. The van der Waals surface area contributed by atoms with Gasteiger partial charge in [-0.15, -0.1) is 0 Å². The average Bonchev–Trinajstić information content (AvgIpc) is 2.22. The van der Waals surface area contributed by atoms with Crippen LogP contribution in [0.15, 0.2) is 34.8 Å². The summed E-state index contributed by atoms with van der Waals surface area (Å²) in [5.74, 6) is 0. The molecule has 0 heterocycles. The molecule has 0 saturated heterocycles. The molecule has 0 radical (unpaired) electrons. The first-order chi connectivity index (χ1) is 8.45. The molecule has 1 N–H and O–H groups in total. The molecule has 0 fully saturated rings. The molecule has 0 aliphatic carbocycles. The van der Waals surface area contributed by atoms with Crippen LogP contribution in [0.25, 0.3) is 0 Å². The van der Waals surface area contributed by atoms with Crippen molar-refractivity contribution in [3.05, 3.63) is 54.9 Å². The van der Waals surface area contributed by atoms with Crippen molar-refractivity contribution in [1.29, 1.82) is 0 Å². The van der Waals surface area contributed by atoms with E-state index in [4.69, 9.17) is 46.4 Å². The third-order valence-electron chi connectivity index (χ3n) is 2.14. The molecular formula is C12H6BrCl4N. The molecule has 18 heavy (non-hydrogen) atoms. The molecule has 0 aliphatic rings. The van der Waals surface area contributed by atoms with E-state index in [2.05, 4.69) is 21.2 Å². The summed E-state index contributed by atoms with van der Waals surface area (Å²) in [5.41, 5.74) is 1.33. The lowest BCUT2D eigenvalue weighted by molar-refractivity contribution is 1.53. The van der Waals surface area contributed by atoms with Crippen LogP contribution >= 0.6 is 62.3 Å². The van der Waals surface area contributed by atoms with Crippen LogP contribution in [-0.2, 0) is 0 Å². The van der Waals surface area contributed by atoms with Gasteiger partial charge in [0.25, 0.3) is 0 Å². The van der Waals surface area contributed by atoms with Gasteiger partial charge in [0.05, 0.1) is 15.7 Å². The van der Waals surface area contributed by atoms with E-state index in [9.17, 15) is 0 Å². The molecule has 2 rings (SSSR count). The largest absolute Gasteiger partial charge is 0.353 e. The van der Waals surface area contributed by atoms with Gasteiger partial charge in [-0.05, 0) is 30.3 Å². The van der Waals surface area contributed by atoms with Crippen molar-refractivity contribution in [3.63, 3.8) is 0 Å². The molecule has 2 aromatic rings. The minimum atomic E-state index is 0.505. The van der Waals surface area contributed by atoms with E-state index in [0.717, 1.165) is 10.2 Å². The van der Waals surface area contributed by atoms with Crippen LogP contribution < -0.4 is 5.32 Å². The Bertz CT molecular complexity index is 557. The lowest BCUT2D eigenvalue weighted by atomic mass is 10.2. The van der Waals surface area contributed by atoms with E-state index >= 15 is 0 Å². The molecule has 0 atom stereocenters. The van der Waals surface area contributed by atoms with E-state index in [1.54, 1.807) is 30.3 Å². The van der Waals surface area contributed by atoms with E-state index in [1.165, 1.54) is 0 Å². The van der Waals surface area contributed by atoms with Crippen molar-refractivity contribution in [2.24, 2.45) is 0 Å². The maximum Gasteiger partial charge on any atom is 0.0763 e. The number of nitrogens with one attached hydrogen (secondary N) is 1. The summed E-state index contributed by atoms with van der Waals surface area (Å²) in [7, 11) is 0. The Kier molecular flexibility index (Phi) is 4.68. The van der Waals surface area contributed by atoms with Crippen molar-refractivity contribution in [3.8, 4) is 0 Å². The van der Waals surface area contributed by atoms with Crippen molar-refractivity contribution in [1.82, 2.24) is 0 Å². The SMILES string of the molecule is Clc1cc(Cl)cc(Nc2c(Cl)cc(Br)cc2Cl)c1. The second-order valence-electron chi connectivity index (χ2n) is 3.53. The third kappa shape index (κ3) is 3.46.